The number of rotatable bonds is 5. The zero-order valence-electron chi connectivity index (χ0n) is 14.6. The van der Waals surface area contributed by atoms with Crippen LogP contribution in [0.3, 0.4) is 0 Å². The number of hydrogen-bond acceptors (Lipinski definition) is 5. The van der Waals surface area contributed by atoms with Crippen molar-refractivity contribution in [3.8, 4) is 11.4 Å². The molecule has 140 valence electrons. The van der Waals surface area contributed by atoms with Crippen molar-refractivity contribution in [3.63, 3.8) is 0 Å². The highest BCUT2D eigenvalue weighted by atomic mass is 35.5. The molecule has 0 aliphatic carbocycles. The molecule has 0 radical (unpaired) electrons. The summed E-state index contributed by atoms with van der Waals surface area (Å²) in [6, 6.07) is 11.6. The first-order chi connectivity index (χ1) is 12.8. The number of carbonyl (C=O) groups excluding carboxylic acids is 1. The highest BCUT2D eigenvalue weighted by Gasteiger charge is 2.20. The van der Waals surface area contributed by atoms with Crippen molar-refractivity contribution in [2.24, 2.45) is 0 Å². The predicted molar refractivity (Wildman–Crippen MR) is 106 cm³/mol. The minimum Gasteiger partial charge on any atom is -0.335 e. The van der Waals surface area contributed by atoms with E-state index in [1.54, 1.807) is 44.2 Å². The molecule has 1 amide bonds. The van der Waals surface area contributed by atoms with E-state index < -0.39 is 5.25 Å². The number of aromatic nitrogens is 3. The van der Waals surface area contributed by atoms with Crippen LogP contribution in [0.15, 0.2) is 47.6 Å². The van der Waals surface area contributed by atoms with Gasteiger partial charge in [0.15, 0.2) is 5.82 Å². The van der Waals surface area contributed by atoms with Gasteiger partial charge in [-0.3, -0.25) is 4.79 Å². The second-order valence-corrected chi connectivity index (χ2v) is 7.64. The van der Waals surface area contributed by atoms with Gasteiger partial charge in [-0.2, -0.15) is 0 Å². The fourth-order valence-corrected chi connectivity index (χ4v) is 3.27. The number of anilines is 1. The standard InChI is InChI=1S/C18H17ClFN5OS/c1-10-6-7-14(9-15(10)20)22-17(26)11(2)27-18-24-23-16(25(18)21)12-4-3-5-13(19)8-12/h3-9,11H,21H2,1-2H3,(H,22,26)/t11-/m0/s1. The Balaban J connectivity index is 1.71. The van der Waals surface area contributed by atoms with Crippen LogP contribution in [0.1, 0.15) is 12.5 Å². The lowest BCUT2D eigenvalue weighted by Crippen LogP contribution is -2.23. The molecule has 9 heteroatoms. The Morgan fingerprint density at radius 1 is 1.30 bits per heavy atom. The molecule has 3 aromatic rings. The number of thioether (sulfide) groups is 1. The second kappa shape index (κ2) is 7.98. The Morgan fingerprint density at radius 2 is 2.07 bits per heavy atom. The summed E-state index contributed by atoms with van der Waals surface area (Å²) in [5.41, 5.74) is 1.63. The highest BCUT2D eigenvalue weighted by molar-refractivity contribution is 8.00. The normalized spacial score (nSPS) is 12.0. The van der Waals surface area contributed by atoms with Crippen LogP contribution in [0.25, 0.3) is 11.4 Å². The SMILES string of the molecule is Cc1ccc(NC(=O)[C@H](C)Sc2nnc(-c3cccc(Cl)c3)n2N)cc1F. The smallest absolute Gasteiger partial charge is 0.237 e. The maximum atomic E-state index is 13.6. The zero-order chi connectivity index (χ0) is 19.6. The summed E-state index contributed by atoms with van der Waals surface area (Å²) in [7, 11) is 0. The lowest BCUT2D eigenvalue weighted by Gasteiger charge is -2.12. The molecule has 3 N–H and O–H groups in total. The van der Waals surface area contributed by atoms with Crippen LogP contribution in [0.4, 0.5) is 10.1 Å². The minimum atomic E-state index is -0.520. The molecule has 1 aromatic heterocycles. The van der Waals surface area contributed by atoms with Crippen molar-refractivity contribution in [3.05, 3.63) is 58.9 Å². The molecule has 0 aliphatic heterocycles. The van der Waals surface area contributed by atoms with Crippen LogP contribution in [0.5, 0.6) is 0 Å². The average molecular weight is 406 g/mol. The van der Waals surface area contributed by atoms with Gasteiger partial charge in [-0.1, -0.05) is 41.6 Å². The number of aryl methyl sites for hydroxylation is 1. The molecular formula is C18H17ClFN5OS. The Kier molecular flexibility index (Phi) is 5.67. The Labute approximate surface area is 164 Å². The van der Waals surface area contributed by atoms with E-state index >= 15 is 0 Å². The molecule has 0 bridgehead atoms. The predicted octanol–water partition coefficient (Wildman–Crippen LogP) is 3.88. The number of nitrogens with one attached hydrogen (secondary N) is 1. The van der Waals surface area contributed by atoms with Crippen molar-refractivity contribution >= 4 is 35.0 Å². The van der Waals surface area contributed by atoms with E-state index in [1.165, 1.54) is 10.7 Å². The summed E-state index contributed by atoms with van der Waals surface area (Å²) in [6.45, 7) is 3.36. The molecule has 6 nitrogen and oxygen atoms in total. The average Bonchev–Trinajstić information content (AvgIpc) is 2.98. The third-order valence-corrected chi connectivity index (χ3v) is 5.13. The Morgan fingerprint density at radius 3 is 2.78 bits per heavy atom. The van der Waals surface area contributed by atoms with E-state index in [2.05, 4.69) is 15.5 Å². The molecule has 0 saturated heterocycles. The number of nitrogen functional groups attached to an aromatic ring is 1. The van der Waals surface area contributed by atoms with Gasteiger partial charge in [0.1, 0.15) is 5.82 Å². The van der Waals surface area contributed by atoms with E-state index in [9.17, 15) is 9.18 Å². The third kappa shape index (κ3) is 4.40. The first-order valence-electron chi connectivity index (χ1n) is 8.05. The summed E-state index contributed by atoms with van der Waals surface area (Å²) in [5.74, 6) is 5.84. The first kappa shape index (κ1) is 19.2. The van der Waals surface area contributed by atoms with Crippen molar-refractivity contribution in [2.75, 3.05) is 11.2 Å². The largest absolute Gasteiger partial charge is 0.335 e. The Hall–Kier alpha value is -2.58. The summed E-state index contributed by atoms with van der Waals surface area (Å²) in [5, 5.41) is 11.2. The van der Waals surface area contributed by atoms with E-state index in [0.717, 1.165) is 17.3 Å². The van der Waals surface area contributed by atoms with Crippen LogP contribution >= 0.6 is 23.4 Å². The number of nitrogens with two attached hydrogens (primary N) is 1. The molecule has 0 spiro atoms. The van der Waals surface area contributed by atoms with Crippen LogP contribution < -0.4 is 11.2 Å². The maximum absolute atomic E-state index is 13.6. The quantitative estimate of drug-likeness (QED) is 0.497. The fourth-order valence-electron chi connectivity index (χ4n) is 2.31. The van der Waals surface area contributed by atoms with E-state index in [4.69, 9.17) is 17.4 Å². The number of hydrogen-bond donors (Lipinski definition) is 2. The van der Waals surface area contributed by atoms with Gasteiger partial charge in [0.05, 0.1) is 5.25 Å². The summed E-state index contributed by atoms with van der Waals surface area (Å²) >= 11 is 7.14. The lowest BCUT2D eigenvalue weighted by molar-refractivity contribution is -0.115. The number of halogens is 2. The number of carbonyl (C=O) groups is 1. The maximum Gasteiger partial charge on any atom is 0.237 e. The molecule has 2 aromatic carbocycles. The molecule has 1 heterocycles. The van der Waals surface area contributed by atoms with Crippen LogP contribution in [0.2, 0.25) is 5.02 Å². The van der Waals surface area contributed by atoms with Crippen LogP contribution in [-0.4, -0.2) is 26.0 Å². The van der Waals surface area contributed by atoms with Gasteiger partial charge >= 0.3 is 0 Å². The van der Waals surface area contributed by atoms with E-state index in [-0.39, 0.29) is 11.7 Å². The van der Waals surface area contributed by atoms with Gasteiger partial charge in [-0.05, 0) is 43.7 Å². The van der Waals surface area contributed by atoms with Gasteiger partial charge < -0.3 is 11.2 Å². The van der Waals surface area contributed by atoms with Crippen molar-refractivity contribution < 1.29 is 9.18 Å². The Bertz CT molecular complexity index is 994. The third-order valence-electron chi connectivity index (χ3n) is 3.84. The van der Waals surface area contributed by atoms with Gasteiger partial charge in [-0.15, -0.1) is 10.2 Å². The molecule has 27 heavy (non-hydrogen) atoms. The van der Waals surface area contributed by atoms with E-state index in [1.807, 2.05) is 6.07 Å². The zero-order valence-corrected chi connectivity index (χ0v) is 16.2. The molecular weight excluding hydrogens is 389 g/mol. The van der Waals surface area contributed by atoms with Crippen molar-refractivity contribution in [1.82, 2.24) is 14.9 Å². The fraction of sp³-hybridized carbons (Fsp3) is 0.167. The molecule has 1 atom stereocenters. The minimum absolute atomic E-state index is 0.296. The highest BCUT2D eigenvalue weighted by Crippen LogP contribution is 2.26. The molecule has 0 aliphatic rings. The summed E-state index contributed by atoms with van der Waals surface area (Å²) in [6.07, 6.45) is 0. The number of amides is 1. The molecule has 0 unspecified atom stereocenters. The number of nitrogens with zero attached hydrogens (tertiary/aromatic N) is 3. The van der Waals surface area contributed by atoms with Gasteiger partial charge in [0.25, 0.3) is 0 Å². The number of benzene rings is 2. The van der Waals surface area contributed by atoms with Gasteiger partial charge in [0.2, 0.25) is 11.1 Å². The van der Waals surface area contributed by atoms with Gasteiger partial charge in [-0.25, -0.2) is 9.07 Å². The van der Waals surface area contributed by atoms with Crippen LogP contribution in [-0.2, 0) is 4.79 Å². The van der Waals surface area contributed by atoms with Gasteiger partial charge in [0, 0.05) is 16.3 Å². The van der Waals surface area contributed by atoms with E-state index in [0.29, 0.717) is 27.3 Å². The topological polar surface area (TPSA) is 85.8 Å². The molecule has 3 rings (SSSR count). The summed E-state index contributed by atoms with van der Waals surface area (Å²) < 4.78 is 14.9. The second-order valence-electron chi connectivity index (χ2n) is 5.90. The van der Waals surface area contributed by atoms with Crippen molar-refractivity contribution in [1.29, 1.82) is 0 Å². The van der Waals surface area contributed by atoms with Crippen LogP contribution in [0, 0.1) is 12.7 Å². The van der Waals surface area contributed by atoms with Crippen molar-refractivity contribution in [2.45, 2.75) is 24.3 Å². The molecule has 0 fully saturated rings. The summed E-state index contributed by atoms with van der Waals surface area (Å²) in [4.78, 5) is 12.4. The monoisotopic (exact) mass is 405 g/mol. The molecule has 0 saturated carbocycles. The lowest BCUT2D eigenvalue weighted by atomic mass is 10.2. The first-order valence-corrected chi connectivity index (χ1v) is 9.31.